The first-order valence-corrected chi connectivity index (χ1v) is 4.55. The fourth-order valence-corrected chi connectivity index (χ4v) is 1.12. The van der Waals surface area contributed by atoms with E-state index in [1.807, 2.05) is 19.1 Å². The highest BCUT2D eigenvalue weighted by Gasteiger charge is 2.11. The van der Waals surface area contributed by atoms with Gasteiger partial charge in [-0.2, -0.15) is 0 Å². The smallest absolute Gasteiger partial charge is 0.241 e. The highest BCUT2D eigenvalue weighted by molar-refractivity contribution is 5.83. The number of carbonyl (C=O) groups is 1. The Bertz CT molecular complexity index is 325. The van der Waals surface area contributed by atoms with E-state index in [0.717, 1.165) is 11.4 Å². The number of aromatic nitrogens is 1. The summed E-state index contributed by atoms with van der Waals surface area (Å²) in [6, 6.07) is 3.55. The predicted molar refractivity (Wildman–Crippen MR) is 56.1 cm³/mol. The van der Waals surface area contributed by atoms with Crippen LogP contribution in [0.15, 0.2) is 18.3 Å². The van der Waals surface area contributed by atoms with Crippen LogP contribution in [0.3, 0.4) is 0 Å². The van der Waals surface area contributed by atoms with Gasteiger partial charge >= 0.3 is 0 Å². The standard InChI is InChI=1S/C10H15N3O/c1-7-5-4-6-12-9(7)13-8(2)10(14)11-3/h4-6,8H,1-3H3,(H,11,14)(H,12,13). The highest BCUT2D eigenvalue weighted by atomic mass is 16.2. The summed E-state index contributed by atoms with van der Waals surface area (Å²) in [5.41, 5.74) is 1.03. The third-order valence-electron chi connectivity index (χ3n) is 2.00. The lowest BCUT2D eigenvalue weighted by Crippen LogP contribution is -2.35. The maximum atomic E-state index is 11.2. The Morgan fingerprint density at radius 3 is 2.86 bits per heavy atom. The Morgan fingerprint density at radius 1 is 1.57 bits per heavy atom. The van der Waals surface area contributed by atoms with Gasteiger partial charge in [0.1, 0.15) is 11.9 Å². The number of rotatable bonds is 3. The second kappa shape index (κ2) is 4.60. The van der Waals surface area contributed by atoms with Crippen molar-refractivity contribution in [2.75, 3.05) is 12.4 Å². The molecular formula is C10H15N3O. The average Bonchev–Trinajstić information content (AvgIpc) is 2.20. The van der Waals surface area contributed by atoms with Crippen LogP contribution < -0.4 is 10.6 Å². The molecule has 4 nitrogen and oxygen atoms in total. The zero-order chi connectivity index (χ0) is 10.6. The SMILES string of the molecule is CNC(=O)C(C)Nc1ncccc1C. The molecule has 76 valence electrons. The molecule has 1 atom stereocenters. The summed E-state index contributed by atoms with van der Waals surface area (Å²) >= 11 is 0. The molecular weight excluding hydrogens is 178 g/mol. The molecule has 0 saturated carbocycles. The number of amides is 1. The molecule has 1 rings (SSSR count). The lowest BCUT2D eigenvalue weighted by molar-refractivity contribution is -0.121. The molecule has 0 spiro atoms. The number of pyridine rings is 1. The second-order valence-electron chi connectivity index (χ2n) is 3.15. The number of hydrogen-bond donors (Lipinski definition) is 2. The summed E-state index contributed by atoms with van der Waals surface area (Å²) in [6.45, 7) is 3.75. The number of aryl methyl sites for hydroxylation is 1. The Balaban J connectivity index is 2.69. The lowest BCUT2D eigenvalue weighted by Gasteiger charge is -2.14. The molecule has 0 fully saturated rings. The number of nitrogens with one attached hydrogen (secondary N) is 2. The van der Waals surface area contributed by atoms with Gasteiger partial charge in [-0.1, -0.05) is 6.07 Å². The van der Waals surface area contributed by atoms with Crippen LogP contribution in [0, 0.1) is 6.92 Å². The fourth-order valence-electron chi connectivity index (χ4n) is 1.12. The first-order chi connectivity index (χ1) is 6.65. The monoisotopic (exact) mass is 193 g/mol. The Kier molecular flexibility index (Phi) is 3.45. The molecule has 1 aromatic heterocycles. The highest BCUT2D eigenvalue weighted by Crippen LogP contribution is 2.10. The maximum Gasteiger partial charge on any atom is 0.241 e. The summed E-state index contributed by atoms with van der Waals surface area (Å²) < 4.78 is 0. The largest absolute Gasteiger partial charge is 0.358 e. The minimum absolute atomic E-state index is 0.0462. The molecule has 1 aromatic rings. The van der Waals surface area contributed by atoms with E-state index in [1.165, 1.54) is 0 Å². The normalized spacial score (nSPS) is 11.9. The van der Waals surface area contributed by atoms with Crippen molar-refractivity contribution in [3.8, 4) is 0 Å². The quantitative estimate of drug-likeness (QED) is 0.751. The lowest BCUT2D eigenvalue weighted by atomic mass is 10.2. The number of nitrogens with zero attached hydrogens (tertiary/aromatic N) is 1. The van der Waals surface area contributed by atoms with E-state index in [1.54, 1.807) is 20.2 Å². The summed E-state index contributed by atoms with van der Waals surface area (Å²) in [4.78, 5) is 15.4. The molecule has 1 unspecified atom stereocenters. The maximum absolute atomic E-state index is 11.2. The molecule has 1 heterocycles. The van der Waals surface area contributed by atoms with Crippen LogP contribution in [0.4, 0.5) is 5.82 Å². The molecule has 0 aliphatic rings. The van der Waals surface area contributed by atoms with Crippen LogP contribution in [0.1, 0.15) is 12.5 Å². The number of likely N-dealkylation sites (N-methyl/N-ethyl adjacent to an activating group) is 1. The van der Waals surface area contributed by atoms with Gasteiger partial charge in [0.25, 0.3) is 0 Å². The topological polar surface area (TPSA) is 54.0 Å². The van der Waals surface area contributed by atoms with Crippen molar-refractivity contribution >= 4 is 11.7 Å². The molecule has 0 aromatic carbocycles. The Labute approximate surface area is 83.7 Å². The summed E-state index contributed by atoms with van der Waals surface area (Å²) in [5, 5.41) is 5.61. The summed E-state index contributed by atoms with van der Waals surface area (Å²) in [7, 11) is 1.62. The van der Waals surface area contributed by atoms with Gasteiger partial charge in [0, 0.05) is 13.2 Å². The van der Waals surface area contributed by atoms with Gasteiger partial charge in [0.15, 0.2) is 0 Å². The van der Waals surface area contributed by atoms with Gasteiger partial charge in [-0.15, -0.1) is 0 Å². The van der Waals surface area contributed by atoms with E-state index >= 15 is 0 Å². The van der Waals surface area contributed by atoms with Gasteiger partial charge in [-0.3, -0.25) is 4.79 Å². The molecule has 0 aliphatic carbocycles. The van der Waals surface area contributed by atoms with E-state index in [-0.39, 0.29) is 11.9 Å². The van der Waals surface area contributed by atoms with Gasteiger partial charge in [0.2, 0.25) is 5.91 Å². The van der Waals surface area contributed by atoms with Gasteiger partial charge in [-0.05, 0) is 25.5 Å². The van der Waals surface area contributed by atoms with Crippen LogP contribution in [0.25, 0.3) is 0 Å². The van der Waals surface area contributed by atoms with Crippen molar-refractivity contribution in [2.24, 2.45) is 0 Å². The van der Waals surface area contributed by atoms with Gasteiger partial charge < -0.3 is 10.6 Å². The zero-order valence-electron chi connectivity index (χ0n) is 8.66. The first kappa shape index (κ1) is 10.5. The average molecular weight is 193 g/mol. The van der Waals surface area contributed by atoms with Crippen LogP contribution in [-0.4, -0.2) is 24.0 Å². The van der Waals surface area contributed by atoms with Crippen molar-refractivity contribution in [3.63, 3.8) is 0 Å². The van der Waals surface area contributed by atoms with E-state index < -0.39 is 0 Å². The minimum Gasteiger partial charge on any atom is -0.358 e. The Morgan fingerprint density at radius 2 is 2.29 bits per heavy atom. The van der Waals surface area contributed by atoms with Crippen LogP contribution in [0.5, 0.6) is 0 Å². The number of anilines is 1. The van der Waals surface area contributed by atoms with Gasteiger partial charge in [-0.25, -0.2) is 4.98 Å². The summed E-state index contributed by atoms with van der Waals surface area (Å²) in [6.07, 6.45) is 1.70. The third kappa shape index (κ3) is 2.45. The molecule has 2 N–H and O–H groups in total. The van der Waals surface area contributed by atoms with Crippen LogP contribution >= 0.6 is 0 Å². The van der Waals surface area contributed by atoms with E-state index in [2.05, 4.69) is 15.6 Å². The second-order valence-corrected chi connectivity index (χ2v) is 3.15. The Hall–Kier alpha value is -1.58. The van der Waals surface area contributed by atoms with Crippen molar-refractivity contribution in [3.05, 3.63) is 23.9 Å². The number of carbonyl (C=O) groups excluding carboxylic acids is 1. The van der Waals surface area contributed by atoms with Crippen molar-refractivity contribution in [1.82, 2.24) is 10.3 Å². The fraction of sp³-hybridized carbons (Fsp3) is 0.400. The van der Waals surface area contributed by atoms with E-state index in [9.17, 15) is 4.79 Å². The summed E-state index contributed by atoms with van der Waals surface area (Å²) in [5.74, 6) is 0.707. The van der Waals surface area contributed by atoms with Crippen LogP contribution in [0.2, 0.25) is 0 Å². The zero-order valence-corrected chi connectivity index (χ0v) is 8.66. The van der Waals surface area contributed by atoms with E-state index in [4.69, 9.17) is 0 Å². The molecule has 0 saturated heterocycles. The minimum atomic E-state index is -0.270. The van der Waals surface area contributed by atoms with Crippen molar-refractivity contribution < 1.29 is 4.79 Å². The molecule has 0 radical (unpaired) electrons. The molecule has 4 heteroatoms. The third-order valence-corrected chi connectivity index (χ3v) is 2.00. The predicted octanol–water partition coefficient (Wildman–Crippen LogP) is 0.936. The van der Waals surface area contributed by atoms with E-state index in [0.29, 0.717) is 0 Å². The van der Waals surface area contributed by atoms with Gasteiger partial charge in [0.05, 0.1) is 0 Å². The molecule has 0 aliphatic heterocycles. The molecule has 0 bridgehead atoms. The molecule has 1 amide bonds. The first-order valence-electron chi connectivity index (χ1n) is 4.55. The van der Waals surface area contributed by atoms with Crippen LogP contribution in [-0.2, 0) is 4.79 Å². The molecule has 14 heavy (non-hydrogen) atoms. The van der Waals surface area contributed by atoms with Crippen molar-refractivity contribution in [2.45, 2.75) is 19.9 Å². The number of hydrogen-bond acceptors (Lipinski definition) is 3. The van der Waals surface area contributed by atoms with Crippen molar-refractivity contribution in [1.29, 1.82) is 0 Å².